The van der Waals surface area contributed by atoms with Gasteiger partial charge < -0.3 is 19.1 Å². The Balaban J connectivity index is 1.24. The number of anilines is 1. The summed E-state index contributed by atoms with van der Waals surface area (Å²) in [4.78, 5) is 21.8. The first-order valence-corrected chi connectivity index (χ1v) is 15.9. The zero-order valence-electron chi connectivity index (χ0n) is 25.5. The monoisotopic (exact) mass is 598 g/mol. The summed E-state index contributed by atoms with van der Waals surface area (Å²) in [6.07, 6.45) is 8.66. The van der Waals surface area contributed by atoms with Gasteiger partial charge in [0, 0.05) is 44.0 Å². The maximum atomic E-state index is 16.9. The van der Waals surface area contributed by atoms with Gasteiger partial charge in [-0.3, -0.25) is 14.8 Å². The lowest BCUT2D eigenvalue weighted by atomic mass is 9.95. The summed E-state index contributed by atoms with van der Waals surface area (Å²) in [6, 6.07) is 12.8. The number of fused-ring (bicyclic) bond motifs is 5. The zero-order chi connectivity index (χ0) is 29.8. The SMILES string of the molecule is COCOc1cc(-c2ncc3c(N4CC5CCC(C4)N5C)nc(OCC45CCCN4CCC5)nc3c2F)c2ccccc2c1. The molecule has 4 aromatic rings. The number of halogens is 1. The van der Waals surface area contributed by atoms with Crippen LogP contribution in [0.4, 0.5) is 10.2 Å². The Kier molecular flexibility index (Phi) is 7.03. The van der Waals surface area contributed by atoms with E-state index in [1.807, 2.05) is 36.4 Å². The molecule has 2 aromatic heterocycles. The topological polar surface area (TPSA) is 76.1 Å². The Morgan fingerprint density at radius 3 is 2.52 bits per heavy atom. The summed E-state index contributed by atoms with van der Waals surface area (Å²) in [5.41, 5.74) is 1.14. The molecule has 2 unspecified atom stereocenters. The fourth-order valence-electron chi connectivity index (χ4n) is 8.15. The molecule has 8 rings (SSSR count). The van der Waals surface area contributed by atoms with Gasteiger partial charge >= 0.3 is 6.01 Å². The van der Waals surface area contributed by atoms with E-state index in [1.54, 1.807) is 13.3 Å². The Hall–Kier alpha value is -3.60. The quantitative estimate of drug-likeness (QED) is 0.253. The molecule has 6 heterocycles. The van der Waals surface area contributed by atoms with Crippen LogP contribution in [-0.4, -0.2) is 96.1 Å². The van der Waals surface area contributed by atoms with E-state index < -0.39 is 5.82 Å². The average molecular weight is 599 g/mol. The van der Waals surface area contributed by atoms with Gasteiger partial charge in [-0.25, -0.2) is 4.39 Å². The third-order valence-corrected chi connectivity index (χ3v) is 10.5. The van der Waals surface area contributed by atoms with Gasteiger partial charge in [0.15, 0.2) is 12.6 Å². The van der Waals surface area contributed by atoms with E-state index >= 15 is 4.39 Å². The highest BCUT2D eigenvalue weighted by molar-refractivity contribution is 6.00. The van der Waals surface area contributed by atoms with Crippen molar-refractivity contribution in [1.82, 2.24) is 24.8 Å². The largest absolute Gasteiger partial charge is 0.468 e. The molecule has 9 nitrogen and oxygen atoms in total. The highest BCUT2D eigenvalue weighted by atomic mass is 19.1. The number of hydrogen-bond acceptors (Lipinski definition) is 9. The van der Waals surface area contributed by atoms with Crippen LogP contribution in [0.15, 0.2) is 42.6 Å². The number of pyridine rings is 1. The Morgan fingerprint density at radius 2 is 1.75 bits per heavy atom. The molecule has 0 saturated carbocycles. The van der Waals surface area contributed by atoms with Crippen LogP contribution in [-0.2, 0) is 4.74 Å². The van der Waals surface area contributed by atoms with Crippen molar-refractivity contribution in [2.45, 2.75) is 56.1 Å². The number of likely N-dealkylation sites (N-methyl/N-ethyl adjacent to an activating group) is 1. The predicted octanol–water partition coefficient (Wildman–Crippen LogP) is 5.26. The molecule has 4 aliphatic heterocycles. The van der Waals surface area contributed by atoms with Gasteiger partial charge in [-0.2, -0.15) is 9.97 Å². The fraction of sp³-hybridized carbons (Fsp3) is 0.500. The molecule has 4 saturated heterocycles. The molecule has 2 atom stereocenters. The van der Waals surface area contributed by atoms with Gasteiger partial charge in [-0.1, -0.05) is 24.3 Å². The van der Waals surface area contributed by atoms with Crippen molar-refractivity contribution in [2.75, 3.05) is 58.6 Å². The highest BCUT2D eigenvalue weighted by Gasteiger charge is 2.45. The maximum absolute atomic E-state index is 16.9. The molecule has 0 aliphatic carbocycles. The average Bonchev–Trinajstić information content (AvgIpc) is 3.67. The molecule has 10 heteroatoms. The second-order valence-electron chi connectivity index (χ2n) is 12.9. The predicted molar refractivity (Wildman–Crippen MR) is 168 cm³/mol. The second kappa shape index (κ2) is 11.1. The van der Waals surface area contributed by atoms with Crippen LogP contribution in [0.2, 0.25) is 0 Å². The van der Waals surface area contributed by atoms with Crippen molar-refractivity contribution >= 4 is 27.5 Å². The van der Waals surface area contributed by atoms with Gasteiger partial charge in [0.05, 0.1) is 10.9 Å². The lowest BCUT2D eigenvalue weighted by Gasteiger charge is -2.39. The van der Waals surface area contributed by atoms with E-state index in [1.165, 1.54) is 12.8 Å². The second-order valence-corrected chi connectivity index (χ2v) is 12.9. The molecule has 0 spiro atoms. The molecule has 0 N–H and O–H groups in total. The first-order valence-electron chi connectivity index (χ1n) is 15.9. The number of aromatic nitrogens is 3. The number of rotatable bonds is 8. The minimum atomic E-state index is -0.483. The van der Waals surface area contributed by atoms with Crippen molar-refractivity contribution in [3.63, 3.8) is 0 Å². The number of piperazine rings is 1. The molecular formula is C34H39FN6O3. The Morgan fingerprint density at radius 1 is 0.977 bits per heavy atom. The first-order chi connectivity index (χ1) is 21.5. The van der Waals surface area contributed by atoms with Crippen molar-refractivity contribution in [3.8, 4) is 23.0 Å². The number of methoxy groups -OCH3 is 1. The Labute approximate surface area is 256 Å². The summed E-state index contributed by atoms with van der Waals surface area (Å²) < 4.78 is 34.2. The third kappa shape index (κ3) is 4.66. The molecule has 44 heavy (non-hydrogen) atoms. The van der Waals surface area contributed by atoms with E-state index in [4.69, 9.17) is 29.2 Å². The van der Waals surface area contributed by atoms with Crippen LogP contribution in [0.3, 0.4) is 0 Å². The Bertz CT molecular complexity index is 1690. The fourth-order valence-corrected chi connectivity index (χ4v) is 8.15. The van der Waals surface area contributed by atoms with Crippen LogP contribution in [0.1, 0.15) is 38.5 Å². The lowest BCUT2D eigenvalue weighted by molar-refractivity contribution is 0.0512. The smallest absolute Gasteiger partial charge is 0.319 e. The van der Waals surface area contributed by atoms with Crippen LogP contribution in [0.5, 0.6) is 11.8 Å². The maximum Gasteiger partial charge on any atom is 0.319 e. The molecule has 0 radical (unpaired) electrons. The van der Waals surface area contributed by atoms with Crippen LogP contribution in [0.25, 0.3) is 32.9 Å². The zero-order valence-corrected chi connectivity index (χ0v) is 25.5. The van der Waals surface area contributed by atoms with Gasteiger partial charge in [-0.05, 0) is 81.6 Å². The molecule has 4 aliphatic rings. The first kappa shape index (κ1) is 27.9. The van der Waals surface area contributed by atoms with E-state index in [0.29, 0.717) is 41.2 Å². The molecular weight excluding hydrogens is 559 g/mol. The van der Waals surface area contributed by atoms with Gasteiger partial charge in [0.1, 0.15) is 29.4 Å². The molecule has 0 amide bonds. The molecule has 2 bridgehead atoms. The van der Waals surface area contributed by atoms with Crippen molar-refractivity contribution in [2.24, 2.45) is 0 Å². The van der Waals surface area contributed by atoms with E-state index in [-0.39, 0.29) is 29.6 Å². The summed E-state index contributed by atoms with van der Waals surface area (Å²) >= 11 is 0. The van der Waals surface area contributed by atoms with E-state index in [9.17, 15) is 0 Å². The van der Waals surface area contributed by atoms with Crippen LogP contribution in [0, 0.1) is 5.82 Å². The van der Waals surface area contributed by atoms with Crippen LogP contribution >= 0.6 is 0 Å². The van der Waals surface area contributed by atoms with Gasteiger partial charge in [0.2, 0.25) is 0 Å². The summed E-state index contributed by atoms with van der Waals surface area (Å²) in [7, 11) is 3.79. The minimum Gasteiger partial charge on any atom is -0.468 e. The summed E-state index contributed by atoms with van der Waals surface area (Å²) in [6.45, 7) is 4.51. The van der Waals surface area contributed by atoms with Crippen molar-refractivity contribution in [1.29, 1.82) is 0 Å². The van der Waals surface area contributed by atoms with Crippen molar-refractivity contribution < 1.29 is 18.6 Å². The van der Waals surface area contributed by atoms with Crippen LogP contribution < -0.4 is 14.4 Å². The molecule has 230 valence electrons. The lowest BCUT2D eigenvalue weighted by Crippen LogP contribution is -2.52. The standard InChI is InChI=1S/C34H39FN6O3/c1-39-23-9-10-24(39)19-40(18-23)32-28-17-36-30(27-16-25(44-21-42-2)15-22-7-3-4-8-26(22)27)29(35)31(28)37-33(38-32)43-20-34-11-5-13-41(34)14-6-12-34/h3-4,7-8,15-17,23-24H,5-6,9-14,18-21H2,1-2H3. The van der Waals surface area contributed by atoms with Crippen molar-refractivity contribution in [3.05, 3.63) is 48.4 Å². The summed E-state index contributed by atoms with van der Waals surface area (Å²) in [5.74, 6) is 0.810. The number of ether oxygens (including phenoxy) is 3. The summed E-state index contributed by atoms with van der Waals surface area (Å²) in [5, 5.41) is 2.42. The molecule has 4 fully saturated rings. The van der Waals surface area contributed by atoms with E-state index in [0.717, 1.165) is 62.6 Å². The molecule has 2 aromatic carbocycles. The number of hydrogen-bond donors (Lipinski definition) is 0. The highest BCUT2D eigenvalue weighted by Crippen LogP contribution is 2.41. The minimum absolute atomic E-state index is 0.0366. The van der Waals surface area contributed by atoms with Gasteiger partial charge in [-0.15, -0.1) is 0 Å². The number of benzene rings is 2. The van der Waals surface area contributed by atoms with Gasteiger partial charge in [0.25, 0.3) is 0 Å². The number of nitrogens with zero attached hydrogens (tertiary/aromatic N) is 6. The third-order valence-electron chi connectivity index (χ3n) is 10.5. The van der Waals surface area contributed by atoms with E-state index in [2.05, 4.69) is 21.7 Å². The normalized spacial score (nSPS) is 23.1.